The Morgan fingerprint density at radius 1 is 1.05 bits per heavy atom. The number of benzene rings is 2. The molecule has 1 aromatic heterocycles. The van der Waals surface area contributed by atoms with E-state index in [1.807, 2.05) is 37.3 Å². The summed E-state index contributed by atoms with van der Waals surface area (Å²) in [4.78, 5) is 8.68. The molecular formula is C15H13FN4. The highest BCUT2D eigenvalue weighted by Gasteiger charge is 2.07. The molecule has 0 atom stereocenters. The van der Waals surface area contributed by atoms with Crippen molar-refractivity contribution in [1.29, 1.82) is 0 Å². The number of aromatic nitrogens is 2. The van der Waals surface area contributed by atoms with E-state index in [9.17, 15) is 4.39 Å². The maximum Gasteiger partial charge on any atom is 0.174 e. The van der Waals surface area contributed by atoms with Gasteiger partial charge in [-0.3, -0.25) is 0 Å². The van der Waals surface area contributed by atoms with Crippen LogP contribution in [0.15, 0.2) is 42.5 Å². The van der Waals surface area contributed by atoms with Gasteiger partial charge in [0.1, 0.15) is 5.82 Å². The van der Waals surface area contributed by atoms with Gasteiger partial charge in [0.2, 0.25) is 0 Å². The van der Waals surface area contributed by atoms with Gasteiger partial charge in [-0.25, -0.2) is 14.4 Å². The fraction of sp³-hybridized carbons (Fsp3) is 0.0667. The lowest BCUT2D eigenvalue weighted by atomic mass is 10.2. The molecule has 3 rings (SSSR count). The van der Waals surface area contributed by atoms with Crippen LogP contribution in [0, 0.1) is 12.7 Å². The molecule has 3 aromatic rings. The van der Waals surface area contributed by atoms with Gasteiger partial charge in [-0.2, -0.15) is 0 Å². The zero-order valence-corrected chi connectivity index (χ0v) is 10.9. The Balaban J connectivity index is 2.03. The first-order valence-electron chi connectivity index (χ1n) is 6.18. The van der Waals surface area contributed by atoms with E-state index in [2.05, 4.69) is 15.3 Å². The monoisotopic (exact) mass is 268 g/mol. The van der Waals surface area contributed by atoms with Crippen LogP contribution >= 0.6 is 0 Å². The van der Waals surface area contributed by atoms with Crippen molar-refractivity contribution in [2.75, 3.05) is 11.1 Å². The fourth-order valence-electron chi connectivity index (χ4n) is 2.05. The molecule has 0 aliphatic carbocycles. The van der Waals surface area contributed by atoms with Gasteiger partial charge in [0, 0.05) is 5.69 Å². The summed E-state index contributed by atoms with van der Waals surface area (Å²) in [7, 11) is 0. The number of nitrogen functional groups attached to an aromatic ring is 1. The minimum absolute atomic E-state index is 0.283. The van der Waals surface area contributed by atoms with Gasteiger partial charge < -0.3 is 11.1 Å². The third kappa shape index (κ3) is 2.38. The largest absolute Gasteiger partial charge is 0.381 e. The Morgan fingerprint density at radius 3 is 2.45 bits per heavy atom. The summed E-state index contributed by atoms with van der Waals surface area (Å²) < 4.78 is 13.4. The smallest absolute Gasteiger partial charge is 0.174 e. The van der Waals surface area contributed by atoms with E-state index in [0.29, 0.717) is 11.5 Å². The van der Waals surface area contributed by atoms with Crippen molar-refractivity contribution in [2.45, 2.75) is 6.92 Å². The van der Waals surface area contributed by atoms with Gasteiger partial charge in [0.05, 0.1) is 11.0 Å². The zero-order valence-electron chi connectivity index (χ0n) is 10.9. The van der Waals surface area contributed by atoms with Crippen molar-refractivity contribution >= 4 is 28.4 Å². The molecule has 4 nitrogen and oxygen atoms in total. The van der Waals surface area contributed by atoms with Crippen LogP contribution in [0.25, 0.3) is 11.0 Å². The second-order valence-electron chi connectivity index (χ2n) is 4.59. The average molecular weight is 268 g/mol. The van der Waals surface area contributed by atoms with Gasteiger partial charge in [0.15, 0.2) is 11.6 Å². The summed E-state index contributed by atoms with van der Waals surface area (Å²) in [5.41, 5.74) is 8.76. The molecule has 100 valence electrons. The Labute approximate surface area is 115 Å². The molecule has 2 aromatic carbocycles. The number of rotatable bonds is 2. The number of fused-ring (bicyclic) bond motifs is 1. The van der Waals surface area contributed by atoms with Crippen LogP contribution in [0.4, 0.5) is 21.7 Å². The highest BCUT2D eigenvalue weighted by Crippen LogP contribution is 2.23. The van der Waals surface area contributed by atoms with Crippen LogP contribution in [-0.2, 0) is 0 Å². The van der Waals surface area contributed by atoms with E-state index in [1.54, 1.807) is 0 Å². The molecular weight excluding hydrogens is 255 g/mol. The van der Waals surface area contributed by atoms with Gasteiger partial charge >= 0.3 is 0 Å². The zero-order chi connectivity index (χ0) is 14.1. The Kier molecular flexibility index (Phi) is 2.95. The second kappa shape index (κ2) is 4.77. The van der Waals surface area contributed by atoms with Crippen molar-refractivity contribution in [2.24, 2.45) is 0 Å². The number of nitrogens with zero attached hydrogens (tertiary/aromatic N) is 2. The molecule has 0 saturated carbocycles. The number of hydrogen-bond acceptors (Lipinski definition) is 4. The molecule has 20 heavy (non-hydrogen) atoms. The van der Waals surface area contributed by atoms with Crippen LogP contribution in [0.2, 0.25) is 0 Å². The summed E-state index contributed by atoms with van der Waals surface area (Å²) >= 11 is 0. The van der Waals surface area contributed by atoms with Gasteiger partial charge in [-0.15, -0.1) is 0 Å². The summed E-state index contributed by atoms with van der Waals surface area (Å²) in [6, 6.07) is 12.1. The van der Waals surface area contributed by atoms with Crippen molar-refractivity contribution in [3.05, 3.63) is 53.8 Å². The first-order valence-corrected chi connectivity index (χ1v) is 6.18. The molecule has 0 fully saturated rings. The van der Waals surface area contributed by atoms with E-state index >= 15 is 0 Å². The number of hydrogen-bond donors (Lipinski definition) is 2. The lowest BCUT2D eigenvalue weighted by Gasteiger charge is -2.09. The van der Waals surface area contributed by atoms with Crippen molar-refractivity contribution < 1.29 is 4.39 Å². The number of nitrogens with two attached hydrogens (primary N) is 1. The van der Waals surface area contributed by atoms with Crippen LogP contribution in [0.3, 0.4) is 0 Å². The standard InChI is InChI=1S/C15H13FN4/c1-9-6-10(16)8-11(7-9)18-15-14(17)19-12-4-2-3-5-13(12)20-15/h2-8H,1H3,(H2,17,19)(H,18,20). The Bertz CT molecular complexity index is 766. The van der Waals surface area contributed by atoms with Crippen LogP contribution in [0.1, 0.15) is 5.56 Å². The first-order chi connectivity index (χ1) is 9.61. The van der Waals surface area contributed by atoms with Crippen molar-refractivity contribution in [1.82, 2.24) is 9.97 Å². The molecule has 0 bridgehead atoms. The lowest BCUT2D eigenvalue weighted by molar-refractivity contribution is 0.627. The molecule has 0 unspecified atom stereocenters. The van der Waals surface area contributed by atoms with Crippen LogP contribution in [-0.4, -0.2) is 9.97 Å². The molecule has 0 radical (unpaired) electrons. The number of nitrogens with one attached hydrogen (secondary N) is 1. The van der Waals surface area contributed by atoms with E-state index in [1.165, 1.54) is 12.1 Å². The van der Waals surface area contributed by atoms with Crippen LogP contribution in [0.5, 0.6) is 0 Å². The molecule has 0 aliphatic rings. The normalized spacial score (nSPS) is 10.7. The van der Waals surface area contributed by atoms with Crippen molar-refractivity contribution in [3.8, 4) is 0 Å². The highest BCUT2D eigenvalue weighted by molar-refractivity contribution is 5.80. The highest BCUT2D eigenvalue weighted by atomic mass is 19.1. The maximum absolute atomic E-state index is 13.4. The predicted molar refractivity (Wildman–Crippen MR) is 78.4 cm³/mol. The quantitative estimate of drug-likeness (QED) is 0.747. The Hall–Kier alpha value is -2.69. The number of para-hydroxylation sites is 2. The topological polar surface area (TPSA) is 63.8 Å². The van der Waals surface area contributed by atoms with Crippen molar-refractivity contribution in [3.63, 3.8) is 0 Å². The number of aryl methyl sites for hydroxylation is 1. The molecule has 3 N–H and O–H groups in total. The summed E-state index contributed by atoms with van der Waals surface area (Å²) in [6.07, 6.45) is 0. The lowest BCUT2D eigenvalue weighted by Crippen LogP contribution is -2.02. The first kappa shape index (κ1) is 12.3. The third-order valence-corrected chi connectivity index (χ3v) is 2.90. The number of halogens is 1. The van der Waals surface area contributed by atoms with Gasteiger partial charge in [-0.05, 0) is 42.8 Å². The second-order valence-corrected chi connectivity index (χ2v) is 4.59. The fourth-order valence-corrected chi connectivity index (χ4v) is 2.05. The molecule has 0 aliphatic heterocycles. The van der Waals surface area contributed by atoms with E-state index in [4.69, 9.17) is 5.73 Å². The minimum atomic E-state index is -0.306. The SMILES string of the molecule is Cc1cc(F)cc(Nc2nc3ccccc3nc2N)c1. The molecule has 0 saturated heterocycles. The summed E-state index contributed by atoms with van der Waals surface area (Å²) in [5.74, 6) is 0.402. The molecule has 1 heterocycles. The Morgan fingerprint density at radius 2 is 1.75 bits per heavy atom. The average Bonchev–Trinajstić information content (AvgIpc) is 2.38. The van der Waals surface area contributed by atoms with E-state index in [0.717, 1.165) is 16.6 Å². The van der Waals surface area contributed by atoms with E-state index < -0.39 is 0 Å². The van der Waals surface area contributed by atoms with Gasteiger partial charge in [0.25, 0.3) is 0 Å². The number of anilines is 3. The maximum atomic E-state index is 13.4. The molecule has 0 amide bonds. The van der Waals surface area contributed by atoms with Gasteiger partial charge in [-0.1, -0.05) is 12.1 Å². The minimum Gasteiger partial charge on any atom is -0.381 e. The predicted octanol–water partition coefficient (Wildman–Crippen LogP) is 3.40. The summed E-state index contributed by atoms with van der Waals surface area (Å²) in [6.45, 7) is 1.82. The van der Waals surface area contributed by atoms with Crippen LogP contribution < -0.4 is 11.1 Å². The molecule has 5 heteroatoms. The molecule has 0 spiro atoms. The third-order valence-electron chi connectivity index (χ3n) is 2.90. The van der Waals surface area contributed by atoms with E-state index in [-0.39, 0.29) is 11.6 Å². The summed E-state index contributed by atoms with van der Waals surface area (Å²) in [5, 5.41) is 3.01.